The van der Waals surface area contributed by atoms with Crippen molar-refractivity contribution in [3.8, 4) is 0 Å². The van der Waals surface area contributed by atoms with Crippen molar-refractivity contribution in [1.29, 1.82) is 0 Å². The van der Waals surface area contributed by atoms with E-state index in [2.05, 4.69) is 72.8 Å². The van der Waals surface area contributed by atoms with Crippen molar-refractivity contribution in [3.63, 3.8) is 0 Å². The molecular formula is C56H62O10Se2. The Hall–Kier alpha value is -4.04. The summed E-state index contributed by atoms with van der Waals surface area (Å²) < 4.78 is 66.9. The van der Waals surface area contributed by atoms with Crippen molar-refractivity contribution in [2.75, 3.05) is 14.2 Å². The van der Waals surface area contributed by atoms with Gasteiger partial charge in [0.05, 0.1) is 0 Å². The van der Waals surface area contributed by atoms with E-state index in [-0.39, 0.29) is 38.5 Å². The van der Waals surface area contributed by atoms with Crippen LogP contribution in [0.1, 0.15) is 33.4 Å². The Kier molecular flexibility index (Phi) is 20.3. The molecule has 2 saturated heterocycles. The standard InChI is InChI=1S/C56H62O10Se2/c1-57-55-53(63-37-45-29-17-7-18-30-45)51(61-35-43-25-13-5-14-26-43)49(59-33-41-21-9-3-10-22-41)47(65-55)39-67-68-40-48-50(60-34-42-23-11-4-12-24-42)52(62-36-44-27-15-6-16-28-44)54(56(58-2)66-48)64-38-46-31-19-8-20-32-46/h3-32,47-56H,33-40H2,1-2H3/t47-,48-,49-,50-,51+,52+,53+,54+,55+,56+/m1/s1. The van der Waals surface area contributed by atoms with Crippen molar-refractivity contribution < 1.29 is 47.4 Å². The third-order valence-electron chi connectivity index (χ3n) is 11.9. The Morgan fingerprint density at radius 3 is 0.765 bits per heavy atom. The Labute approximate surface area is 412 Å². The zero-order valence-electron chi connectivity index (χ0n) is 38.6. The first-order valence-corrected chi connectivity index (χ1v) is 29.9. The van der Waals surface area contributed by atoms with Gasteiger partial charge in [-0.1, -0.05) is 0 Å². The maximum atomic E-state index is 6.91. The molecule has 2 heterocycles. The first kappa shape index (κ1) is 50.4. The van der Waals surface area contributed by atoms with Gasteiger partial charge in [0.15, 0.2) is 0 Å². The van der Waals surface area contributed by atoms with E-state index in [1.165, 1.54) is 0 Å². The zero-order valence-corrected chi connectivity index (χ0v) is 42.1. The van der Waals surface area contributed by atoms with Crippen LogP contribution in [0.15, 0.2) is 182 Å². The summed E-state index contributed by atoms with van der Waals surface area (Å²) in [6.07, 6.45) is -5.04. The number of rotatable bonds is 25. The van der Waals surface area contributed by atoms with Crippen LogP contribution in [-0.4, -0.2) is 102 Å². The maximum absolute atomic E-state index is 6.91. The van der Waals surface area contributed by atoms with E-state index in [1.807, 2.05) is 109 Å². The molecule has 0 spiro atoms. The van der Waals surface area contributed by atoms with Crippen molar-refractivity contribution in [1.82, 2.24) is 0 Å². The summed E-state index contributed by atoms with van der Waals surface area (Å²) in [5, 5.41) is 1.52. The van der Waals surface area contributed by atoms with Crippen molar-refractivity contribution >= 4 is 26.3 Å². The van der Waals surface area contributed by atoms with Gasteiger partial charge in [0.1, 0.15) is 0 Å². The van der Waals surface area contributed by atoms with Crippen molar-refractivity contribution in [2.24, 2.45) is 0 Å². The van der Waals surface area contributed by atoms with Gasteiger partial charge in [-0.15, -0.1) is 0 Å². The first-order valence-electron chi connectivity index (χ1n) is 23.2. The second kappa shape index (κ2) is 27.4. The molecule has 2 aliphatic rings. The average Bonchev–Trinajstić information content (AvgIpc) is 3.40. The second-order valence-corrected chi connectivity index (χ2v) is 24.2. The summed E-state index contributed by atoms with van der Waals surface area (Å²) in [5.74, 6) is 0. The van der Waals surface area contributed by atoms with Crippen LogP contribution in [0, 0.1) is 0 Å². The SMILES string of the molecule is CO[C@H]1O[C@H](C[Se][Se]C[C@H]2O[C@H](OC)[C@@H](OCc3ccccc3)[C@@H](OCc3ccccc3)[C@@H]2OCc2ccccc2)[C@@H](OCc2ccccc2)[C@H](OCc2ccccc2)[C@@H]1OCc1ccccc1. The van der Waals surface area contributed by atoms with Crippen LogP contribution in [0.2, 0.25) is 10.6 Å². The summed E-state index contributed by atoms with van der Waals surface area (Å²) in [4.78, 5) is 0. The molecule has 358 valence electrons. The molecule has 0 saturated carbocycles. The van der Waals surface area contributed by atoms with Gasteiger partial charge in [-0.3, -0.25) is 0 Å². The molecule has 0 N–H and O–H groups in total. The summed E-state index contributed by atoms with van der Waals surface area (Å²) in [5.41, 5.74) is 6.35. The van der Waals surface area contributed by atoms with Crippen LogP contribution in [0.25, 0.3) is 0 Å². The molecule has 0 radical (unpaired) electrons. The Balaban J connectivity index is 1.02. The molecule has 8 rings (SSSR count). The molecule has 0 aromatic heterocycles. The number of hydrogen-bond donors (Lipinski definition) is 0. The number of methoxy groups -OCH3 is 2. The fourth-order valence-electron chi connectivity index (χ4n) is 8.37. The van der Waals surface area contributed by atoms with E-state index < -0.39 is 49.2 Å². The molecule has 0 aliphatic carbocycles. The van der Waals surface area contributed by atoms with E-state index in [4.69, 9.17) is 47.4 Å². The minimum atomic E-state index is -0.681. The van der Waals surface area contributed by atoms with Gasteiger partial charge in [0.2, 0.25) is 0 Å². The first-order chi connectivity index (χ1) is 33.6. The van der Waals surface area contributed by atoms with E-state index in [9.17, 15) is 0 Å². The predicted molar refractivity (Wildman–Crippen MR) is 263 cm³/mol. The van der Waals surface area contributed by atoms with E-state index >= 15 is 0 Å². The average molecular weight is 1050 g/mol. The Bertz CT molecular complexity index is 2110. The molecular weight excluding hydrogens is 991 g/mol. The number of ether oxygens (including phenoxy) is 10. The molecule has 6 aromatic carbocycles. The van der Waals surface area contributed by atoms with Gasteiger partial charge in [-0.2, -0.15) is 0 Å². The summed E-state index contributed by atoms with van der Waals surface area (Å²) in [6.45, 7) is 2.29. The van der Waals surface area contributed by atoms with Gasteiger partial charge in [-0.25, -0.2) is 0 Å². The summed E-state index contributed by atoms with van der Waals surface area (Å²) in [7, 11) is 3.34. The van der Waals surface area contributed by atoms with Gasteiger partial charge in [0, 0.05) is 0 Å². The molecule has 68 heavy (non-hydrogen) atoms. The van der Waals surface area contributed by atoms with Crippen LogP contribution >= 0.6 is 0 Å². The summed E-state index contributed by atoms with van der Waals surface area (Å²) in [6, 6.07) is 61.2. The van der Waals surface area contributed by atoms with Crippen molar-refractivity contribution in [2.45, 2.75) is 112 Å². The molecule has 10 nitrogen and oxygen atoms in total. The Morgan fingerprint density at radius 2 is 0.529 bits per heavy atom. The molecule has 0 amide bonds. The second-order valence-electron chi connectivity index (χ2n) is 16.7. The predicted octanol–water partition coefficient (Wildman–Crippen LogP) is 9.40. The van der Waals surface area contributed by atoms with Gasteiger partial charge >= 0.3 is 415 Å². The van der Waals surface area contributed by atoms with Crippen LogP contribution in [0.4, 0.5) is 0 Å². The third kappa shape index (κ3) is 14.7. The third-order valence-corrected chi connectivity index (χ3v) is 19.0. The molecule has 0 unspecified atom stereocenters. The number of hydrogen-bond acceptors (Lipinski definition) is 10. The molecule has 2 aliphatic heterocycles. The van der Waals surface area contributed by atoms with Crippen LogP contribution in [0.5, 0.6) is 0 Å². The van der Waals surface area contributed by atoms with E-state index in [0.717, 1.165) is 44.0 Å². The Morgan fingerprint density at radius 1 is 0.309 bits per heavy atom. The molecule has 2 fully saturated rings. The topological polar surface area (TPSA) is 92.3 Å². The van der Waals surface area contributed by atoms with Crippen LogP contribution in [-0.2, 0) is 87.0 Å². The molecule has 12 heteroatoms. The fraction of sp³-hybridized carbons (Fsp3) is 0.357. The van der Waals surface area contributed by atoms with E-state index in [1.54, 1.807) is 14.2 Å². The fourth-order valence-corrected chi connectivity index (χ4v) is 15.5. The van der Waals surface area contributed by atoms with Gasteiger partial charge in [0.25, 0.3) is 0 Å². The van der Waals surface area contributed by atoms with Crippen molar-refractivity contribution in [3.05, 3.63) is 215 Å². The van der Waals surface area contributed by atoms with E-state index in [0.29, 0.717) is 39.6 Å². The normalized spacial score (nSPS) is 25.0. The monoisotopic (exact) mass is 1050 g/mol. The number of benzene rings is 6. The minimum absolute atomic E-state index is 0.128. The molecule has 6 aromatic rings. The molecule has 0 bridgehead atoms. The van der Waals surface area contributed by atoms with Gasteiger partial charge in [-0.05, 0) is 0 Å². The quantitative estimate of drug-likeness (QED) is 0.0408. The molecule has 10 atom stereocenters. The van der Waals surface area contributed by atoms with Crippen LogP contribution in [0.3, 0.4) is 0 Å². The summed E-state index contributed by atoms with van der Waals surface area (Å²) >= 11 is 0.256. The van der Waals surface area contributed by atoms with Crippen LogP contribution < -0.4 is 0 Å². The van der Waals surface area contributed by atoms with Gasteiger partial charge < -0.3 is 0 Å². The zero-order chi connectivity index (χ0) is 46.6.